The van der Waals surface area contributed by atoms with Crippen LogP contribution >= 0.6 is 0 Å². The maximum absolute atomic E-state index is 12.7. The minimum absolute atomic E-state index is 0.216. The van der Waals surface area contributed by atoms with E-state index in [1.165, 1.54) is 24.3 Å². The van der Waals surface area contributed by atoms with Crippen molar-refractivity contribution in [2.24, 2.45) is 0 Å². The molecule has 0 aromatic heterocycles. The Balaban J connectivity index is 1.67. The summed E-state index contributed by atoms with van der Waals surface area (Å²) in [6, 6.07) is 14.9. The van der Waals surface area contributed by atoms with Gasteiger partial charge in [-0.1, -0.05) is 18.2 Å². The molecule has 2 aromatic rings. The van der Waals surface area contributed by atoms with E-state index < -0.39 is 6.10 Å². The van der Waals surface area contributed by atoms with Gasteiger partial charge in [0, 0.05) is 0 Å². The molecule has 1 atom stereocenters. The highest BCUT2D eigenvalue weighted by Gasteiger charge is 2.13. The van der Waals surface area contributed by atoms with Crippen molar-refractivity contribution in [3.8, 4) is 11.5 Å². The van der Waals surface area contributed by atoms with Crippen LogP contribution in [0, 0.1) is 5.82 Å². The van der Waals surface area contributed by atoms with Crippen molar-refractivity contribution in [3.63, 3.8) is 0 Å². The molecule has 0 spiro atoms. The lowest BCUT2D eigenvalue weighted by Gasteiger charge is -2.14. The summed E-state index contributed by atoms with van der Waals surface area (Å²) >= 11 is 0. The summed E-state index contributed by atoms with van der Waals surface area (Å²) in [5, 5.41) is 2.72. The molecule has 2 rings (SSSR count). The van der Waals surface area contributed by atoms with Gasteiger partial charge >= 0.3 is 0 Å². The van der Waals surface area contributed by atoms with Crippen molar-refractivity contribution in [1.29, 1.82) is 0 Å². The van der Waals surface area contributed by atoms with E-state index in [-0.39, 0.29) is 11.7 Å². The van der Waals surface area contributed by atoms with E-state index in [0.29, 0.717) is 24.7 Å². The summed E-state index contributed by atoms with van der Waals surface area (Å²) in [5.74, 6) is 0.677. The van der Waals surface area contributed by atoms with Crippen LogP contribution in [0.1, 0.15) is 6.92 Å². The van der Waals surface area contributed by atoms with E-state index in [4.69, 9.17) is 9.47 Å². The molecule has 0 aliphatic rings. The quantitative estimate of drug-likeness (QED) is 0.800. The highest BCUT2D eigenvalue weighted by atomic mass is 19.1. The molecule has 4 nitrogen and oxygen atoms in total. The molecule has 0 aliphatic carbocycles. The van der Waals surface area contributed by atoms with Gasteiger partial charge in [-0.2, -0.15) is 0 Å². The standard InChI is InChI=1S/C17H18FNO3/c1-13(22-16-5-3-2-4-6-16)17(20)19-11-12-21-15-9-7-14(18)8-10-15/h2-10,13H,11-12H2,1H3,(H,19,20)/t13-/m1/s1. The fourth-order valence-electron chi connectivity index (χ4n) is 1.77. The minimum atomic E-state index is -0.590. The van der Waals surface area contributed by atoms with E-state index in [1.807, 2.05) is 18.2 Å². The lowest BCUT2D eigenvalue weighted by Crippen LogP contribution is -2.38. The second kappa shape index (κ2) is 8.02. The highest BCUT2D eigenvalue weighted by molar-refractivity contribution is 5.80. The zero-order chi connectivity index (χ0) is 15.8. The molecule has 0 bridgehead atoms. The second-order valence-corrected chi connectivity index (χ2v) is 4.67. The predicted molar refractivity (Wildman–Crippen MR) is 81.4 cm³/mol. The lowest BCUT2D eigenvalue weighted by molar-refractivity contribution is -0.127. The van der Waals surface area contributed by atoms with E-state index in [2.05, 4.69) is 5.32 Å². The number of carbonyl (C=O) groups excluding carboxylic acids is 1. The molecule has 0 saturated carbocycles. The van der Waals surface area contributed by atoms with Crippen LogP contribution in [-0.2, 0) is 4.79 Å². The van der Waals surface area contributed by atoms with E-state index in [1.54, 1.807) is 19.1 Å². The third-order valence-electron chi connectivity index (χ3n) is 2.91. The Morgan fingerprint density at radius 3 is 2.45 bits per heavy atom. The number of carbonyl (C=O) groups is 1. The zero-order valence-corrected chi connectivity index (χ0v) is 12.3. The van der Waals surface area contributed by atoms with Gasteiger partial charge in [-0.05, 0) is 43.3 Å². The fourth-order valence-corrected chi connectivity index (χ4v) is 1.77. The second-order valence-electron chi connectivity index (χ2n) is 4.67. The summed E-state index contributed by atoms with van der Waals surface area (Å²) in [7, 11) is 0. The van der Waals surface area contributed by atoms with Crippen LogP contribution in [0.4, 0.5) is 4.39 Å². The Morgan fingerprint density at radius 1 is 1.09 bits per heavy atom. The summed E-state index contributed by atoms with van der Waals surface area (Å²) in [6.07, 6.45) is -0.590. The van der Waals surface area contributed by atoms with Crippen LogP contribution in [0.15, 0.2) is 54.6 Å². The number of nitrogens with one attached hydrogen (secondary N) is 1. The van der Waals surface area contributed by atoms with Crippen LogP contribution in [0.3, 0.4) is 0 Å². The third kappa shape index (κ3) is 5.09. The number of ether oxygens (including phenoxy) is 2. The van der Waals surface area contributed by atoms with E-state index >= 15 is 0 Å². The van der Waals surface area contributed by atoms with Gasteiger partial charge in [0.15, 0.2) is 6.10 Å². The molecule has 22 heavy (non-hydrogen) atoms. The molecular weight excluding hydrogens is 285 g/mol. The molecule has 0 radical (unpaired) electrons. The molecule has 116 valence electrons. The van der Waals surface area contributed by atoms with Crippen LogP contribution < -0.4 is 14.8 Å². The molecule has 1 amide bonds. The number of benzene rings is 2. The molecule has 1 N–H and O–H groups in total. The SMILES string of the molecule is C[C@@H](Oc1ccccc1)C(=O)NCCOc1ccc(F)cc1. The Morgan fingerprint density at radius 2 is 1.77 bits per heavy atom. The monoisotopic (exact) mass is 303 g/mol. The Kier molecular flexibility index (Phi) is 5.77. The Labute approximate surface area is 128 Å². The molecule has 5 heteroatoms. The van der Waals surface area contributed by atoms with Crippen molar-refractivity contribution in [1.82, 2.24) is 5.32 Å². The number of hydrogen-bond acceptors (Lipinski definition) is 3. The normalized spacial score (nSPS) is 11.5. The average Bonchev–Trinajstić information content (AvgIpc) is 2.54. The number of amides is 1. The van der Waals surface area contributed by atoms with Crippen molar-refractivity contribution in [2.75, 3.05) is 13.2 Å². The first-order valence-corrected chi connectivity index (χ1v) is 7.03. The van der Waals surface area contributed by atoms with Gasteiger partial charge in [0.05, 0.1) is 6.54 Å². The van der Waals surface area contributed by atoms with Crippen LogP contribution in [0.25, 0.3) is 0 Å². The third-order valence-corrected chi connectivity index (χ3v) is 2.91. The zero-order valence-electron chi connectivity index (χ0n) is 12.3. The Hall–Kier alpha value is -2.56. The van der Waals surface area contributed by atoms with Gasteiger partial charge in [-0.25, -0.2) is 4.39 Å². The first kappa shape index (κ1) is 15.8. The number of hydrogen-bond donors (Lipinski definition) is 1. The topological polar surface area (TPSA) is 47.6 Å². The molecular formula is C17H18FNO3. The van der Waals surface area contributed by atoms with Crippen molar-refractivity contribution >= 4 is 5.91 Å². The van der Waals surface area contributed by atoms with Crippen LogP contribution in [0.2, 0.25) is 0 Å². The van der Waals surface area contributed by atoms with Crippen LogP contribution in [0.5, 0.6) is 11.5 Å². The van der Waals surface area contributed by atoms with Gasteiger partial charge in [-0.3, -0.25) is 4.79 Å². The molecule has 0 fully saturated rings. The van der Waals surface area contributed by atoms with Crippen LogP contribution in [-0.4, -0.2) is 25.2 Å². The molecule has 2 aromatic carbocycles. The van der Waals surface area contributed by atoms with Gasteiger partial charge in [0.25, 0.3) is 5.91 Å². The maximum atomic E-state index is 12.7. The van der Waals surface area contributed by atoms with E-state index in [0.717, 1.165) is 0 Å². The smallest absolute Gasteiger partial charge is 0.260 e. The highest BCUT2D eigenvalue weighted by Crippen LogP contribution is 2.11. The summed E-state index contributed by atoms with van der Waals surface area (Å²) in [5.41, 5.74) is 0. The van der Waals surface area contributed by atoms with E-state index in [9.17, 15) is 9.18 Å². The minimum Gasteiger partial charge on any atom is -0.492 e. The number of halogens is 1. The molecule has 0 unspecified atom stereocenters. The maximum Gasteiger partial charge on any atom is 0.260 e. The number of para-hydroxylation sites is 1. The molecule has 0 aliphatic heterocycles. The predicted octanol–water partition coefficient (Wildman–Crippen LogP) is 2.79. The van der Waals surface area contributed by atoms with Crippen molar-refractivity contribution in [2.45, 2.75) is 13.0 Å². The van der Waals surface area contributed by atoms with Crippen molar-refractivity contribution in [3.05, 3.63) is 60.4 Å². The largest absolute Gasteiger partial charge is 0.492 e. The molecule has 0 saturated heterocycles. The average molecular weight is 303 g/mol. The molecule has 0 heterocycles. The van der Waals surface area contributed by atoms with Gasteiger partial charge < -0.3 is 14.8 Å². The van der Waals surface area contributed by atoms with Crippen molar-refractivity contribution < 1.29 is 18.7 Å². The van der Waals surface area contributed by atoms with Gasteiger partial charge in [0.1, 0.15) is 23.9 Å². The summed E-state index contributed by atoms with van der Waals surface area (Å²) < 4.78 is 23.6. The number of rotatable bonds is 7. The van der Waals surface area contributed by atoms with Gasteiger partial charge in [0.2, 0.25) is 0 Å². The fraction of sp³-hybridized carbons (Fsp3) is 0.235. The lowest BCUT2D eigenvalue weighted by atomic mass is 10.3. The first-order chi connectivity index (χ1) is 10.6. The summed E-state index contributed by atoms with van der Waals surface area (Å²) in [4.78, 5) is 11.9. The summed E-state index contributed by atoms with van der Waals surface area (Å²) in [6.45, 7) is 2.33. The Bertz CT molecular complexity index is 587. The first-order valence-electron chi connectivity index (χ1n) is 7.03. The van der Waals surface area contributed by atoms with Gasteiger partial charge in [-0.15, -0.1) is 0 Å².